The fraction of sp³-hybridized carbons (Fsp3) is 0.600. The van der Waals surface area contributed by atoms with E-state index >= 15 is 0 Å². The molecule has 2 rings (SSSR count). The average Bonchev–Trinajstić information content (AvgIpc) is 2.61. The molecular weight excluding hydrogens is 304 g/mol. The van der Waals surface area contributed by atoms with Gasteiger partial charge in [0.05, 0.1) is 4.90 Å². The Hall–Kier alpha value is -0.560. The number of nitrogens with zero attached hydrogens (tertiary/aromatic N) is 1. The van der Waals surface area contributed by atoms with Gasteiger partial charge in [-0.05, 0) is 31.2 Å². The lowest BCUT2D eigenvalue weighted by Crippen LogP contribution is -2.33. The highest BCUT2D eigenvalue weighted by Gasteiger charge is 2.30. The van der Waals surface area contributed by atoms with Crippen LogP contribution in [0.2, 0.25) is 0 Å². The molecule has 1 fully saturated rings. The lowest BCUT2D eigenvalue weighted by Gasteiger charge is -2.22. The number of nitrogens with one attached hydrogen (secondary N) is 1. The first-order chi connectivity index (χ1) is 9.85. The van der Waals surface area contributed by atoms with E-state index in [4.69, 9.17) is 0 Å². The molecule has 4 nitrogen and oxygen atoms in total. The third kappa shape index (κ3) is 4.22. The van der Waals surface area contributed by atoms with E-state index in [0.717, 1.165) is 24.3 Å². The van der Waals surface area contributed by atoms with Crippen LogP contribution in [0, 0.1) is 0 Å². The first kappa shape index (κ1) is 16.8. The summed E-state index contributed by atoms with van der Waals surface area (Å²) in [6, 6.07) is 7.18. The van der Waals surface area contributed by atoms with Crippen molar-refractivity contribution in [1.82, 2.24) is 9.62 Å². The van der Waals surface area contributed by atoms with E-state index < -0.39 is 10.0 Å². The molecule has 1 saturated heterocycles. The van der Waals surface area contributed by atoms with Crippen molar-refractivity contribution in [2.45, 2.75) is 36.5 Å². The van der Waals surface area contributed by atoms with E-state index in [2.05, 4.69) is 19.2 Å². The lowest BCUT2D eigenvalue weighted by atomic mass is 10.1. The molecular formula is C15H24N2O2S2. The van der Waals surface area contributed by atoms with Crippen LogP contribution in [0.5, 0.6) is 0 Å². The Labute approximate surface area is 132 Å². The van der Waals surface area contributed by atoms with Gasteiger partial charge in [0.1, 0.15) is 0 Å². The summed E-state index contributed by atoms with van der Waals surface area (Å²) < 4.78 is 27.2. The maximum atomic E-state index is 12.7. The van der Waals surface area contributed by atoms with Gasteiger partial charge in [-0.3, -0.25) is 0 Å². The Kier molecular flexibility index (Phi) is 5.35. The van der Waals surface area contributed by atoms with Gasteiger partial charge >= 0.3 is 0 Å². The van der Waals surface area contributed by atoms with Gasteiger partial charge in [0, 0.05) is 30.1 Å². The van der Waals surface area contributed by atoms with Crippen LogP contribution in [0.25, 0.3) is 0 Å². The van der Waals surface area contributed by atoms with Crippen LogP contribution in [0.15, 0.2) is 29.2 Å². The second kappa shape index (κ2) is 6.69. The number of hydrogen-bond donors (Lipinski definition) is 1. The summed E-state index contributed by atoms with van der Waals surface area (Å²) in [4.78, 5) is 0.395. The van der Waals surface area contributed by atoms with Crippen molar-refractivity contribution in [2.24, 2.45) is 0 Å². The van der Waals surface area contributed by atoms with Crippen molar-refractivity contribution in [1.29, 1.82) is 0 Å². The standard InChI is InChI=1S/C15H24N2O2S2/c1-15(2)8-9-17(10-11-20-15)21(18,19)14-6-4-13(5-7-14)12-16-3/h4-7,16H,8-12H2,1-3H3. The molecule has 0 spiro atoms. The highest BCUT2D eigenvalue weighted by Crippen LogP contribution is 2.32. The number of benzene rings is 1. The molecule has 118 valence electrons. The zero-order chi connectivity index (χ0) is 15.5. The van der Waals surface area contributed by atoms with Crippen LogP contribution in [0.4, 0.5) is 0 Å². The monoisotopic (exact) mass is 328 g/mol. The third-order valence-corrected chi connectivity index (χ3v) is 7.02. The Morgan fingerprint density at radius 1 is 1.24 bits per heavy atom. The van der Waals surface area contributed by atoms with Gasteiger partial charge < -0.3 is 5.32 Å². The molecule has 1 heterocycles. The zero-order valence-corrected chi connectivity index (χ0v) is 14.6. The molecule has 21 heavy (non-hydrogen) atoms. The summed E-state index contributed by atoms with van der Waals surface area (Å²) in [5.74, 6) is 0.851. The Bertz CT molecular complexity index is 568. The Morgan fingerprint density at radius 3 is 2.52 bits per heavy atom. The average molecular weight is 329 g/mol. The van der Waals surface area contributed by atoms with Gasteiger partial charge in [-0.15, -0.1) is 0 Å². The minimum Gasteiger partial charge on any atom is -0.316 e. The van der Waals surface area contributed by atoms with E-state index in [1.807, 2.05) is 30.9 Å². The minimum atomic E-state index is -3.37. The van der Waals surface area contributed by atoms with Crippen molar-refractivity contribution in [2.75, 3.05) is 25.9 Å². The second-order valence-electron chi connectivity index (χ2n) is 5.94. The van der Waals surface area contributed by atoms with Gasteiger partial charge in [-0.25, -0.2) is 8.42 Å². The molecule has 1 aromatic rings. The summed E-state index contributed by atoms with van der Waals surface area (Å²) in [7, 11) is -1.49. The Balaban J connectivity index is 2.17. The molecule has 0 radical (unpaired) electrons. The van der Waals surface area contributed by atoms with Crippen LogP contribution >= 0.6 is 11.8 Å². The summed E-state index contributed by atoms with van der Waals surface area (Å²) >= 11 is 1.85. The number of hydrogen-bond acceptors (Lipinski definition) is 4. The number of thioether (sulfide) groups is 1. The Morgan fingerprint density at radius 2 is 1.90 bits per heavy atom. The van der Waals surface area contributed by atoms with Crippen molar-refractivity contribution < 1.29 is 8.42 Å². The predicted molar refractivity (Wildman–Crippen MR) is 89.1 cm³/mol. The lowest BCUT2D eigenvalue weighted by molar-refractivity contribution is 0.415. The smallest absolute Gasteiger partial charge is 0.243 e. The quantitative estimate of drug-likeness (QED) is 0.921. The molecule has 0 aliphatic carbocycles. The van der Waals surface area contributed by atoms with Gasteiger partial charge in [-0.2, -0.15) is 16.1 Å². The molecule has 1 aliphatic rings. The van der Waals surface area contributed by atoms with E-state index in [1.54, 1.807) is 16.4 Å². The van der Waals surface area contributed by atoms with Crippen LogP contribution in [-0.2, 0) is 16.6 Å². The molecule has 6 heteroatoms. The van der Waals surface area contributed by atoms with Crippen LogP contribution in [0.1, 0.15) is 25.8 Å². The molecule has 1 N–H and O–H groups in total. The van der Waals surface area contributed by atoms with Crippen LogP contribution in [-0.4, -0.2) is 43.4 Å². The number of rotatable bonds is 4. The second-order valence-corrected chi connectivity index (χ2v) is 9.68. The van der Waals surface area contributed by atoms with Crippen molar-refractivity contribution in [3.8, 4) is 0 Å². The zero-order valence-electron chi connectivity index (χ0n) is 12.9. The highest BCUT2D eigenvalue weighted by molar-refractivity contribution is 8.00. The van der Waals surface area contributed by atoms with E-state index in [0.29, 0.717) is 18.0 Å². The minimum absolute atomic E-state index is 0.154. The summed E-state index contributed by atoms with van der Waals surface area (Å²) in [6.45, 7) is 6.30. The largest absolute Gasteiger partial charge is 0.316 e. The summed E-state index contributed by atoms with van der Waals surface area (Å²) in [5.41, 5.74) is 1.09. The molecule has 1 aromatic carbocycles. The first-order valence-corrected chi connectivity index (χ1v) is 9.65. The SMILES string of the molecule is CNCc1ccc(S(=O)(=O)N2CCSC(C)(C)CC2)cc1. The van der Waals surface area contributed by atoms with E-state index in [1.165, 1.54) is 0 Å². The highest BCUT2D eigenvalue weighted by atomic mass is 32.2. The topological polar surface area (TPSA) is 49.4 Å². The number of sulfonamides is 1. The molecule has 0 amide bonds. The van der Waals surface area contributed by atoms with Crippen molar-refractivity contribution in [3.05, 3.63) is 29.8 Å². The fourth-order valence-electron chi connectivity index (χ4n) is 2.37. The molecule has 0 bridgehead atoms. The van der Waals surface area contributed by atoms with E-state index in [-0.39, 0.29) is 4.75 Å². The molecule has 0 aromatic heterocycles. The first-order valence-electron chi connectivity index (χ1n) is 7.23. The molecule has 0 unspecified atom stereocenters. The van der Waals surface area contributed by atoms with E-state index in [9.17, 15) is 8.42 Å². The van der Waals surface area contributed by atoms with Gasteiger partial charge in [0.25, 0.3) is 0 Å². The third-order valence-electron chi connectivity index (χ3n) is 3.74. The fourth-order valence-corrected chi connectivity index (χ4v) is 5.03. The normalized spacial score (nSPS) is 20.1. The van der Waals surface area contributed by atoms with Crippen molar-refractivity contribution >= 4 is 21.8 Å². The van der Waals surface area contributed by atoms with Gasteiger partial charge in [0.2, 0.25) is 10.0 Å². The molecule has 0 saturated carbocycles. The van der Waals surface area contributed by atoms with Crippen LogP contribution in [0.3, 0.4) is 0 Å². The molecule has 0 atom stereocenters. The molecule has 1 aliphatic heterocycles. The maximum absolute atomic E-state index is 12.7. The summed E-state index contributed by atoms with van der Waals surface area (Å²) in [5, 5.41) is 3.06. The van der Waals surface area contributed by atoms with Gasteiger partial charge in [0.15, 0.2) is 0 Å². The predicted octanol–water partition coefficient (Wildman–Crippen LogP) is 2.31. The summed E-state index contributed by atoms with van der Waals surface area (Å²) in [6.07, 6.45) is 0.884. The van der Waals surface area contributed by atoms with Gasteiger partial charge in [-0.1, -0.05) is 26.0 Å². The van der Waals surface area contributed by atoms with Crippen molar-refractivity contribution in [3.63, 3.8) is 0 Å². The maximum Gasteiger partial charge on any atom is 0.243 e. The van der Waals surface area contributed by atoms with Crippen LogP contribution < -0.4 is 5.32 Å².